The average molecular weight is 226 g/mol. The van der Waals surface area contributed by atoms with E-state index in [2.05, 4.69) is 67.6 Å². The van der Waals surface area contributed by atoms with Crippen molar-refractivity contribution in [2.45, 2.75) is 19.3 Å². The Kier molecular flexibility index (Phi) is 5.32. The number of benzene rings is 2. The quantitative estimate of drug-likeness (QED) is 0.706. The van der Waals surface area contributed by atoms with E-state index >= 15 is 0 Å². The van der Waals surface area contributed by atoms with E-state index < -0.39 is 0 Å². The number of hydrogen-bond donors (Lipinski definition) is 0. The maximum Gasteiger partial charge on any atom is 0.187 e. The first-order valence-corrected chi connectivity index (χ1v) is 5.51. The molecule has 0 heterocycles. The van der Waals surface area contributed by atoms with E-state index in [1.807, 2.05) is 0 Å². The Morgan fingerprint density at radius 2 is 1.12 bits per heavy atom. The molecule has 0 saturated carbocycles. The first kappa shape index (κ1) is 13.0. The van der Waals surface area contributed by atoms with Gasteiger partial charge in [0.15, 0.2) is 17.4 Å². The molecule has 2 aromatic carbocycles. The van der Waals surface area contributed by atoms with E-state index in [-0.39, 0.29) is 17.4 Å². The van der Waals surface area contributed by atoms with Crippen molar-refractivity contribution in [2.24, 2.45) is 0 Å². The Bertz CT molecular complexity index is 355. The van der Waals surface area contributed by atoms with Gasteiger partial charge < -0.3 is 0 Å². The van der Waals surface area contributed by atoms with Crippen LogP contribution in [-0.2, 0) is 0 Å². The van der Waals surface area contributed by atoms with E-state index in [4.69, 9.17) is 0 Å². The van der Waals surface area contributed by atoms with Crippen LogP contribution in [0.5, 0.6) is 0 Å². The van der Waals surface area contributed by atoms with Crippen LogP contribution in [0, 0.1) is 0 Å². The lowest BCUT2D eigenvalue weighted by Gasteiger charge is -2.15. The molecule has 0 aliphatic carbocycles. The highest BCUT2D eigenvalue weighted by Crippen LogP contribution is 2.26. The van der Waals surface area contributed by atoms with E-state index in [1.165, 1.54) is 11.1 Å². The fraction of sp³-hybridized carbons (Fsp3) is 0.200. The molecule has 0 aliphatic rings. The van der Waals surface area contributed by atoms with Crippen LogP contribution >= 0.6 is 0 Å². The van der Waals surface area contributed by atoms with Gasteiger partial charge in [-0.15, -0.1) is 0 Å². The van der Waals surface area contributed by atoms with Crippen LogP contribution in [0.15, 0.2) is 60.7 Å². The van der Waals surface area contributed by atoms with Crippen molar-refractivity contribution >= 4 is 17.4 Å². The van der Waals surface area contributed by atoms with Crippen molar-refractivity contribution in [1.29, 1.82) is 0 Å². The molecular formula is C15H19Al. The van der Waals surface area contributed by atoms with Gasteiger partial charge in [-0.05, 0) is 17.5 Å². The van der Waals surface area contributed by atoms with Gasteiger partial charge in [0, 0.05) is 5.92 Å². The number of rotatable bonds is 3. The van der Waals surface area contributed by atoms with Crippen molar-refractivity contribution < 1.29 is 0 Å². The minimum atomic E-state index is 0. The monoisotopic (exact) mass is 226 g/mol. The lowest BCUT2D eigenvalue weighted by molar-refractivity contribution is 0.777. The third-order valence-corrected chi connectivity index (χ3v) is 2.81. The smallest absolute Gasteiger partial charge is 0.0645 e. The summed E-state index contributed by atoms with van der Waals surface area (Å²) in [7, 11) is 0. The Hall–Kier alpha value is -1.03. The molecule has 0 unspecified atom stereocenters. The highest BCUT2D eigenvalue weighted by Gasteiger charge is 2.10. The Labute approximate surface area is 108 Å². The minimum absolute atomic E-state index is 0. The molecule has 0 fully saturated rings. The molecule has 0 nitrogen and oxygen atoms in total. The molecule has 0 N–H and O–H groups in total. The topological polar surface area (TPSA) is 0 Å². The predicted octanol–water partition coefficient (Wildman–Crippen LogP) is 3.04. The zero-order valence-corrected chi connectivity index (χ0v) is 9.06. The molecule has 2 rings (SSSR count). The van der Waals surface area contributed by atoms with Gasteiger partial charge in [0.1, 0.15) is 0 Å². The summed E-state index contributed by atoms with van der Waals surface area (Å²) < 4.78 is 0. The van der Waals surface area contributed by atoms with Crippen molar-refractivity contribution in [2.75, 3.05) is 0 Å². The predicted molar refractivity (Wildman–Crippen MR) is 75.0 cm³/mol. The summed E-state index contributed by atoms with van der Waals surface area (Å²) in [6.45, 7) is 2.24. The lowest BCUT2D eigenvalue weighted by atomic mass is 9.89. The Morgan fingerprint density at radius 3 is 1.44 bits per heavy atom. The van der Waals surface area contributed by atoms with Crippen LogP contribution in [0.1, 0.15) is 30.4 Å². The second-order valence-electron chi connectivity index (χ2n) is 3.78. The van der Waals surface area contributed by atoms with Gasteiger partial charge in [0.05, 0.1) is 0 Å². The van der Waals surface area contributed by atoms with Gasteiger partial charge in [-0.3, -0.25) is 0 Å². The maximum atomic E-state index is 2.24. The molecule has 0 saturated heterocycles. The Balaban J connectivity index is 0.00000128. The summed E-state index contributed by atoms with van der Waals surface area (Å²) in [6, 6.07) is 21.4. The van der Waals surface area contributed by atoms with Crippen LogP contribution in [0.4, 0.5) is 0 Å². The lowest BCUT2D eigenvalue weighted by Crippen LogP contribution is -1.98. The first-order valence-electron chi connectivity index (χ1n) is 5.51. The molecule has 2 aromatic rings. The zero-order valence-electron chi connectivity index (χ0n) is 9.06. The molecule has 0 amide bonds. The zero-order chi connectivity index (χ0) is 10.5. The van der Waals surface area contributed by atoms with Crippen molar-refractivity contribution in [3.05, 3.63) is 71.8 Å². The molecule has 82 valence electrons. The van der Waals surface area contributed by atoms with Crippen LogP contribution in [-0.4, -0.2) is 17.4 Å². The van der Waals surface area contributed by atoms with Gasteiger partial charge in [0.2, 0.25) is 0 Å². The van der Waals surface area contributed by atoms with Crippen molar-refractivity contribution in [3.8, 4) is 0 Å². The van der Waals surface area contributed by atoms with Gasteiger partial charge in [-0.2, -0.15) is 0 Å². The van der Waals surface area contributed by atoms with Crippen molar-refractivity contribution in [1.82, 2.24) is 0 Å². The third kappa shape index (κ3) is 2.98. The van der Waals surface area contributed by atoms with E-state index in [0.29, 0.717) is 5.92 Å². The normalized spacial score (nSPS) is 9.88. The number of hydrogen-bond acceptors (Lipinski definition) is 0. The van der Waals surface area contributed by atoms with Gasteiger partial charge in [-0.1, -0.05) is 67.6 Å². The van der Waals surface area contributed by atoms with Gasteiger partial charge in [-0.25, -0.2) is 0 Å². The fourth-order valence-electron chi connectivity index (χ4n) is 2.03. The molecule has 0 atom stereocenters. The SMILES string of the molecule is CCC(c1ccccc1)c1ccccc1.[AlH3]. The molecule has 0 aliphatic heterocycles. The Morgan fingerprint density at radius 1 is 0.750 bits per heavy atom. The summed E-state index contributed by atoms with van der Waals surface area (Å²) in [6.07, 6.45) is 1.15. The molecule has 0 bridgehead atoms. The molecular weight excluding hydrogens is 207 g/mol. The first-order chi connectivity index (χ1) is 7.42. The van der Waals surface area contributed by atoms with Crippen LogP contribution < -0.4 is 0 Å². The standard InChI is InChI=1S/C15H16.Al.3H/c1-2-15(13-9-5-3-6-10-13)14-11-7-4-8-12-14;;;;/h3-12,15H,2H2,1H3;;;;. The fourth-order valence-corrected chi connectivity index (χ4v) is 2.03. The second kappa shape index (κ2) is 6.53. The van der Waals surface area contributed by atoms with Gasteiger partial charge in [0.25, 0.3) is 0 Å². The maximum absolute atomic E-state index is 2.24. The summed E-state index contributed by atoms with van der Waals surface area (Å²) in [4.78, 5) is 0. The second-order valence-corrected chi connectivity index (χ2v) is 3.78. The summed E-state index contributed by atoms with van der Waals surface area (Å²) >= 11 is 0. The highest BCUT2D eigenvalue weighted by molar-refractivity contribution is 5.75. The van der Waals surface area contributed by atoms with Crippen LogP contribution in [0.3, 0.4) is 0 Å². The molecule has 0 aromatic heterocycles. The minimum Gasteiger partial charge on any atom is -0.0645 e. The van der Waals surface area contributed by atoms with Gasteiger partial charge >= 0.3 is 0 Å². The largest absolute Gasteiger partial charge is 0.187 e. The molecule has 16 heavy (non-hydrogen) atoms. The van der Waals surface area contributed by atoms with E-state index in [0.717, 1.165) is 6.42 Å². The summed E-state index contributed by atoms with van der Waals surface area (Å²) in [5, 5.41) is 0. The van der Waals surface area contributed by atoms with E-state index in [1.54, 1.807) is 0 Å². The third-order valence-electron chi connectivity index (χ3n) is 2.81. The average Bonchev–Trinajstić information content (AvgIpc) is 2.33. The van der Waals surface area contributed by atoms with Crippen molar-refractivity contribution in [3.63, 3.8) is 0 Å². The summed E-state index contributed by atoms with van der Waals surface area (Å²) in [5.74, 6) is 0.535. The van der Waals surface area contributed by atoms with E-state index in [9.17, 15) is 0 Å². The molecule has 0 spiro atoms. The summed E-state index contributed by atoms with van der Waals surface area (Å²) in [5.41, 5.74) is 2.82. The van der Waals surface area contributed by atoms with Crippen LogP contribution in [0.2, 0.25) is 0 Å². The van der Waals surface area contributed by atoms with Crippen LogP contribution in [0.25, 0.3) is 0 Å². The highest BCUT2D eigenvalue weighted by atomic mass is 27.0. The molecule has 1 heteroatoms. The molecule has 0 radical (unpaired) electrons.